The van der Waals surface area contributed by atoms with Crippen LogP contribution in [0.2, 0.25) is 5.02 Å². The molecule has 7 nitrogen and oxygen atoms in total. The van der Waals surface area contributed by atoms with Crippen molar-refractivity contribution in [1.29, 1.82) is 0 Å². The second-order valence-corrected chi connectivity index (χ2v) is 8.92. The molecule has 33 heavy (non-hydrogen) atoms. The largest absolute Gasteiger partial charge is 0.467 e. The van der Waals surface area contributed by atoms with Gasteiger partial charge in [0.2, 0.25) is 5.89 Å². The third kappa shape index (κ3) is 4.72. The number of aryl methyl sites for hydroxylation is 1. The molecular weight excluding hydrogens is 460 g/mol. The van der Waals surface area contributed by atoms with E-state index in [0.717, 1.165) is 22.4 Å². The van der Waals surface area contributed by atoms with Crippen LogP contribution in [0, 0.1) is 6.92 Å². The Labute approximate surface area is 199 Å². The molecule has 0 spiro atoms. The lowest BCUT2D eigenvalue weighted by Crippen LogP contribution is -2.28. The molecule has 1 amide bonds. The maximum absolute atomic E-state index is 13.1. The van der Waals surface area contributed by atoms with Crippen LogP contribution in [-0.4, -0.2) is 32.6 Å². The van der Waals surface area contributed by atoms with Gasteiger partial charge in [-0.2, -0.15) is 5.10 Å². The maximum Gasteiger partial charge on any atom is 0.277 e. The molecule has 4 aromatic rings. The highest BCUT2D eigenvalue weighted by Crippen LogP contribution is 2.34. The number of carbonyl (C=O) groups excluding carboxylic acids is 1. The van der Waals surface area contributed by atoms with E-state index in [2.05, 4.69) is 15.3 Å². The van der Waals surface area contributed by atoms with E-state index < -0.39 is 0 Å². The van der Waals surface area contributed by atoms with Gasteiger partial charge in [-0.25, -0.2) is 5.01 Å². The van der Waals surface area contributed by atoms with Gasteiger partial charge in [0.15, 0.2) is 0 Å². The Morgan fingerprint density at radius 3 is 2.58 bits per heavy atom. The summed E-state index contributed by atoms with van der Waals surface area (Å²) in [4.78, 5) is 13.1. The van der Waals surface area contributed by atoms with E-state index in [4.69, 9.17) is 20.4 Å². The molecule has 1 atom stereocenters. The molecule has 0 aliphatic carbocycles. The van der Waals surface area contributed by atoms with E-state index in [0.29, 0.717) is 28.3 Å². The normalized spacial score (nSPS) is 15.6. The van der Waals surface area contributed by atoms with Crippen LogP contribution < -0.4 is 0 Å². The number of carbonyl (C=O) groups is 1. The molecule has 3 heterocycles. The number of furan rings is 1. The highest BCUT2D eigenvalue weighted by Gasteiger charge is 2.35. The molecule has 2 aromatic carbocycles. The Hall–Kier alpha value is -3.36. The first-order chi connectivity index (χ1) is 16.1. The van der Waals surface area contributed by atoms with Gasteiger partial charge in [0.05, 0.1) is 17.7 Å². The van der Waals surface area contributed by atoms with Gasteiger partial charge in [0.1, 0.15) is 11.8 Å². The Morgan fingerprint density at radius 1 is 1.09 bits per heavy atom. The molecule has 1 aliphatic rings. The standard InChI is InChI=1S/C24H19ClN4O3S/c1-15-4-6-17(7-5-15)23-26-27-24(32-23)33-14-22(30)29-20(21-3-2-12-31-21)13-19(28-29)16-8-10-18(25)11-9-16/h2-12,20H,13-14H2,1H3. The van der Waals surface area contributed by atoms with E-state index in [1.54, 1.807) is 12.3 Å². The highest BCUT2D eigenvalue weighted by atomic mass is 35.5. The van der Waals surface area contributed by atoms with Crippen LogP contribution in [0.15, 0.2) is 86.1 Å². The molecule has 0 saturated carbocycles. The fraction of sp³-hybridized carbons (Fsp3) is 0.167. The lowest BCUT2D eigenvalue weighted by atomic mass is 10.0. The highest BCUT2D eigenvalue weighted by molar-refractivity contribution is 7.99. The Morgan fingerprint density at radius 2 is 1.85 bits per heavy atom. The molecule has 0 N–H and O–H groups in total. The molecule has 1 unspecified atom stereocenters. The molecule has 0 fully saturated rings. The Bertz CT molecular complexity index is 1280. The SMILES string of the molecule is Cc1ccc(-c2nnc(SCC(=O)N3N=C(c4ccc(Cl)cc4)CC3c3ccco3)o2)cc1. The molecule has 166 valence electrons. The maximum atomic E-state index is 13.1. The van der Waals surface area contributed by atoms with Gasteiger partial charge >= 0.3 is 0 Å². The number of halogens is 1. The van der Waals surface area contributed by atoms with Gasteiger partial charge in [0.25, 0.3) is 11.1 Å². The summed E-state index contributed by atoms with van der Waals surface area (Å²) < 4.78 is 11.3. The minimum absolute atomic E-state index is 0.101. The van der Waals surface area contributed by atoms with Crippen molar-refractivity contribution in [3.63, 3.8) is 0 Å². The molecular formula is C24H19ClN4O3S. The first kappa shape index (κ1) is 21.5. The summed E-state index contributed by atoms with van der Waals surface area (Å²) in [6.45, 7) is 2.01. The fourth-order valence-corrected chi connectivity index (χ4v) is 4.27. The number of nitrogens with zero attached hydrogens (tertiary/aromatic N) is 4. The van der Waals surface area contributed by atoms with Crippen LogP contribution in [0.3, 0.4) is 0 Å². The number of hydrogen-bond donors (Lipinski definition) is 0. The van der Waals surface area contributed by atoms with Crippen molar-refractivity contribution in [1.82, 2.24) is 15.2 Å². The van der Waals surface area contributed by atoms with Crippen LogP contribution in [-0.2, 0) is 4.79 Å². The molecule has 1 aliphatic heterocycles. The van der Waals surface area contributed by atoms with Gasteiger partial charge < -0.3 is 8.83 Å². The van der Waals surface area contributed by atoms with Crippen molar-refractivity contribution in [3.05, 3.63) is 88.8 Å². The van der Waals surface area contributed by atoms with Crippen LogP contribution in [0.5, 0.6) is 0 Å². The lowest BCUT2D eigenvalue weighted by Gasteiger charge is -2.19. The van der Waals surface area contributed by atoms with Gasteiger partial charge in [-0.3, -0.25) is 4.79 Å². The van der Waals surface area contributed by atoms with E-state index in [9.17, 15) is 4.79 Å². The summed E-state index contributed by atoms with van der Waals surface area (Å²) in [5.74, 6) is 1.02. The number of benzene rings is 2. The fourth-order valence-electron chi connectivity index (χ4n) is 3.53. The van der Waals surface area contributed by atoms with Crippen molar-refractivity contribution in [2.75, 3.05) is 5.75 Å². The van der Waals surface area contributed by atoms with Gasteiger partial charge in [-0.15, -0.1) is 10.2 Å². The molecule has 5 rings (SSSR count). The first-order valence-electron chi connectivity index (χ1n) is 10.3. The first-order valence-corrected chi connectivity index (χ1v) is 11.7. The van der Waals surface area contributed by atoms with Crippen molar-refractivity contribution in [3.8, 4) is 11.5 Å². The van der Waals surface area contributed by atoms with E-state index in [1.165, 1.54) is 16.8 Å². The number of rotatable bonds is 6. The molecule has 0 radical (unpaired) electrons. The van der Waals surface area contributed by atoms with E-state index in [-0.39, 0.29) is 17.7 Å². The zero-order valence-electron chi connectivity index (χ0n) is 17.6. The van der Waals surface area contributed by atoms with Gasteiger partial charge in [-0.1, -0.05) is 53.2 Å². The third-order valence-electron chi connectivity index (χ3n) is 5.24. The van der Waals surface area contributed by atoms with Gasteiger partial charge in [-0.05, 0) is 48.9 Å². The number of hydrogen-bond acceptors (Lipinski definition) is 7. The van der Waals surface area contributed by atoms with Crippen molar-refractivity contribution in [2.45, 2.75) is 24.6 Å². The average Bonchev–Trinajstić information content (AvgIpc) is 3.59. The second kappa shape index (κ2) is 9.25. The van der Waals surface area contributed by atoms with Crippen LogP contribution >= 0.6 is 23.4 Å². The molecule has 0 bridgehead atoms. The second-order valence-electron chi connectivity index (χ2n) is 7.56. The third-order valence-corrected chi connectivity index (χ3v) is 6.29. The summed E-state index contributed by atoms with van der Waals surface area (Å²) >= 11 is 7.20. The zero-order valence-corrected chi connectivity index (χ0v) is 19.2. The van der Waals surface area contributed by atoms with Crippen molar-refractivity contribution >= 4 is 35.0 Å². The van der Waals surface area contributed by atoms with Crippen molar-refractivity contribution in [2.24, 2.45) is 5.10 Å². The summed E-state index contributed by atoms with van der Waals surface area (Å²) in [5.41, 5.74) is 3.69. The summed E-state index contributed by atoms with van der Waals surface area (Å²) in [5, 5.41) is 15.2. The minimum Gasteiger partial charge on any atom is -0.467 e. The summed E-state index contributed by atoms with van der Waals surface area (Å²) in [6, 6.07) is 18.6. The quantitative estimate of drug-likeness (QED) is 0.327. The number of hydrazone groups is 1. The smallest absolute Gasteiger partial charge is 0.277 e. The number of aromatic nitrogens is 2. The minimum atomic E-state index is -0.315. The average molecular weight is 479 g/mol. The predicted octanol–water partition coefficient (Wildman–Crippen LogP) is 5.76. The number of amides is 1. The molecule has 9 heteroatoms. The topological polar surface area (TPSA) is 84.7 Å². The number of thioether (sulfide) groups is 1. The molecule has 0 saturated heterocycles. The predicted molar refractivity (Wildman–Crippen MR) is 126 cm³/mol. The molecule has 2 aromatic heterocycles. The Balaban J connectivity index is 1.31. The zero-order chi connectivity index (χ0) is 22.8. The van der Waals surface area contributed by atoms with Crippen molar-refractivity contribution < 1.29 is 13.6 Å². The summed E-state index contributed by atoms with van der Waals surface area (Å²) in [6.07, 6.45) is 2.14. The monoisotopic (exact) mass is 478 g/mol. The Kier molecular flexibility index (Phi) is 6.02. The van der Waals surface area contributed by atoms with Crippen LogP contribution in [0.25, 0.3) is 11.5 Å². The lowest BCUT2D eigenvalue weighted by molar-refractivity contribution is -0.130. The van der Waals surface area contributed by atoms with Crippen LogP contribution in [0.1, 0.15) is 29.3 Å². The van der Waals surface area contributed by atoms with Crippen LogP contribution in [0.4, 0.5) is 0 Å². The van der Waals surface area contributed by atoms with E-state index in [1.807, 2.05) is 61.5 Å². The summed E-state index contributed by atoms with van der Waals surface area (Å²) in [7, 11) is 0. The van der Waals surface area contributed by atoms with Gasteiger partial charge in [0, 0.05) is 17.0 Å². The van der Waals surface area contributed by atoms with E-state index >= 15 is 0 Å².